The van der Waals surface area contributed by atoms with E-state index < -0.39 is 0 Å². The standard InChI is InChI=1S/C14H15Cl2F/c15-12-6-2-1-4-10(9-12)8-11-5-3-7-13(16)14(11)17/h3,5,7,9,12H,1-2,4,6,8H2. The molecular formula is C14H15Cl2F. The minimum atomic E-state index is -0.301. The van der Waals surface area contributed by atoms with Crippen molar-refractivity contribution < 1.29 is 4.39 Å². The van der Waals surface area contributed by atoms with Gasteiger partial charge in [-0.25, -0.2) is 4.39 Å². The lowest BCUT2D eigenvalue weighted by molar-refractivity contribution is 0.612. The highest BCUT2D eigenvalue weighted by atomic mass is 35.5. The number of rotatable bonds is 2. The summed E-state index contributed by atoms with van der Waals surface area (Å²) in [5.41, 5.74) is 1.89. The van der Waals surface area contributed by atoms with Crippen LogP contribution < -0.4 is 0 Å². The molecule has 17 heavy (non-hydrogen) atoms. The zero-order chi connectivity index (χ0) is 12.3. The van der Waals surface area contributed by atoms with Gasteiger partial charge in [0.15, 0.2) is 0 Å². The number of allylic oxidation sites excluding steroid dienone is 2. The lowest BCUT2D eigenvalue weighted by Gasteiger charge is -2.08. The highest BCUT2D eigenvalue weighted by molar-refractivity contribution is 6.30. The zero-order valence-corrected chi connectivity index (χ0v) is 11.1. The SMILES string of the molecule is Fc1c(Cl)cccc1CC1=CC(Cl)CCCC1. The van der Waals surface area contributed by atoms with Crippen molar-refractivity contribution in [3.63, 3.8) is 0 Å². The summed E-state index contributed by atoms with van der Waals surface area (Å²) < 4.78 is 13.8. The summed E-state index contributed by atoms with van der Waals surface area (Å²) in [5.74, 6) is -0.301. The Morgan fingerprint density at radius 1 is 1.29 bits per heavy atom. The maximum atomic E-state index is 13.8. The number of hydrogen-bond donors (Lipinski definition) is 0. The molecule has 0 N–H and O–H groups in total. The smallest absolute Gasteiger partial charge is 0.145 e. The van der Waals surface area contributed by atoms with E-state index in [0.29, 0.717) is 12.0 Å². The molecule has 0 nitrogen and oxygen atoms in total. The molecule has 0 fully saturated rings. The molecule has 0 amide bonds. The highest BCUT2D eigenvalue weighted by Crippen LogP contribution is 2.26. The van der Waals surface area contributed by atoms with Crippen molar-refractivity contribution in [1.29, 1.82) is 0 Å². The monoisotopic (exact) mass is 272 g/mol. The number of halogens is 3. The topological polar surface area (TPSA) is 0 Å². The zero-order valence-electron chi connectivity index (χ0n) is 9.56. The summed E-state index contributed by atoms with van der Waals surface area (Å²) >= 11 is 11.9. The highest BCUT2D eigenvalue weighted by Gasteiger charge is 2.12. The van der Waals surface area contributed by atoms with E-state index in [-0.39, 0.29) is 16.2 Å². The van der Waals surface area contributed by atoms with Crippen LogP contribution in [-0.2, 0) is 6.42 Å². The molecule has 1 atom stereocenters. The van der Waals surface area contributed by atoms with Crippen LogP contribution in [-0.4, -0.2) is 5.38 Å². The van der Waals surface area contributed by atoms with Crippen molar-refractivity contribution in [2.45, 2.75) is 37.5 Å². The maximum absolute atomic E-state index is 13.8. The fraction of sp³-hybridized carbons (Fsp3) is 0.429. The normalized spacial score (nSPS) is 20.9. The Kier molecular flexibility index (Phi) is 4.47. The Bertz CT molecular complexity index is 426. The van der Waals surface area contributed by atoms with Crippen LogP contribution in [0.15, 0.2) is 29.8 Å². The summed E-state index contributed by atoms with van der Waals surface area (Å²) in [6.45, 7) is 0. The van der Waals surface area contributed by atoms with Gasteiger partial charge in [-0.05, 0) is 37.3 Å². The Hall–Kier alpha value is -0.530. The minimum Gasteiger partial charge on any atom is -0.205 e. The van der Waals surface area contributed by atoms with Gasteiger partial charge < -0.3 is 0 Å². The van der Waals surface area contributed by atoms with Gasteiger partial charge in [0, 0.05) is 0 Å². The van der Waals surface area contributed by atoms with Crippen LogP contribution >= 0.6 is 23.2 Å². The van der Waals surface area contributed by atoms with E-state index in [9.17, 15) is 4.39 Å². The molecule has 0 saturated carbocycles. The summed E-state index contributed by atoms with van der Waals surface area (Å²) in [7, 11) is 0. The van der Waals surface area contributed by atoms with Crippen molar-refractivity contribution in [2.24, 2.45) is 0 Å². The van der Waals surface area contributed by atoms with Crippen molar-refractivity contribution in [3.05, 3.63) is 46.3 Å². The molecule has 1 aromatic carbocycles. The first-order valence-electron chi connectivity index (χ1n) is 5.93. The number of alkyl halides is 1. The minimum absolute atomic E-state index is 0.0924. The van der Waals surface area contributed by atoms with E-state index in [1.807, 2.05) is 0 Å². The van der Waals surface area contributed by atoms with Gasteiger partial charge in [-0.2, -0.15) is 0 Å². The molecule has 1 aliphatic carbocycles. The van der Waals surface area contributed by atoms with Crippen molar-refractivity contribution in [3.8, 4) is 0 Å². The second-order valence-corrected chi connectivity index (χ2v) is 5.44. The molecule has 2 rings (SSSR count). The van der Waals surface area contributed by atoms with Crippen LogP contribution in [0.25, 0.3) is 0 Å². The maximum Gasteiger partial charge on any atom is 0.145 e. The predicted octanol–water partition coefficient (Wildman–Crippen LogP) is 5.13. The first kappa shape index (κ1) is 12.9. The third kappa shape index (κ3) is 3.46. The van der Waals surface area contributed by atoms with E-state index in [0.717, 1.165) is 25.7 Å². The fourth-order valence-electron chi connectivity index (χ4n) is 2.19. The van der Waals surface area contributed by atoms with Crippen LogP contribution in [0.3, 0.4) is 0 Å². The molecular weight excluding hydrogens is 258 g/mol. The van der Waals surface area contributed by atoms with Gasteiger partial charge in [-0.3, -0.25) is 0 Å². The van der Waals surface area contributed by atoms with Crippen LogP contribution in [0.5, 0.6) is 0 Å². The fourth-order valence-corrected chi connectivity index (χ4v) is 2.72. The van der Waals surface area contributed by atoms with Crippen LogP contribution in [0.4, 0.5) is 4.39 Å². The summed E-state index contributed by atoms with van der Waals surface area (Å²) in [6.07, 6.45) is 7.01. The molecule has 1 aliphatic rings. The van der Waals surface area contributed by atoms with E-state index in [1.165, 1.54) is 5.57 Å². The molecule has 0 aromatic heterocycles. The summed E-state index contributed by atoms with van der Waals surface area (Å²) in [6, 6.07) is 5.15. The lowest BCUT2D eigenvalue weighted by Crippen LogP contribution is -1.97. The van der Waals surface area contributed by atoms with Gasteiger partial charge in [0.1, 0.15) is 5.82 Å². The van der Waals surface area contributed by atoms with Crippen LogP contribution in [0.2, 0.25) is 5.02 Å². The second-order valence-electron chi connectivity index (χ2n) is 4.48. The van der Waals surface area contributed by atoms with Gasteiger partial charge in [-0.15, -0.1) is 11.6 Å². The van der Waals surface area contributed by atoms with Gasteiger partial charge in [0.2, 0.25) is 0 Å². The summed E-state index contributed by atoms with van der Waals surface area (Å²) in [4.78, 5) is 0. The van der Waals surface area contributed by atoms with Crippen molar-refractivity contribution in [1.82, 2.24) is 0 Å². The molecule has 1 unspecified atom stereocenters. The number of hydrogen-bond acceptors (Lipinski definition) is 0. The van der Waals surface area contributed by atoms with E-state index >= 15 is 0 Å². The first-order valence-corrected chi connectivity index (χ1v) is 6.75. The molecule has 0 aliphatic heterocycles. The Morgan fingerprint density at radius 3 is 2.94 bits per heavy atom. The van der Waals surface area contributed by atoms with E-state index in [2.05, 4.69) is 6.08 Å². The average molecular weight is 273 g/mol. The third-order valence-corrected chi connectivity index (χ3v) is 3.73. The first-order chi connectivity index (χ1) is 8.16. The van der Waals surface area contributed by atoms with Crippen LogP contribution in [0, 0.1) is 5.82 Å². The molecule has 0 radical (unpaired) electrons. The van der Waals surface area contributed by atoms with Gasteiger partial charge in [-0.1, -0.05) is 41.8 Å². The van der Waals surface area contributed by atoms with E-state index in [1.54, 1.807) is 18.2 Å². The Labute approximate surface area is 111 Å². The molecule has 0 heterocycles. The molecule has 3 heteroatoms. The third-order valence-electron chi connectivity index (χ3n) is 3.09. The average Bonchev–Trinajstić information content (AvgIpc) is 2.49. The van der Waals surface area contributed by atoms with Crippen molar-refractivity contribution in [2.75, 3.05) is 0 Å². The molecule has 92 valence electrons. The van der Waals surface area contributed by atoms with Gasteiger partial charge in [0.05, 0.1) is 10.4 Å². The van der Waals surface area contributed by atoms with Gasteiger partial charge in [0.25, 0.3) is 0 Å². The molecule has 0 spiro atoms. The Morgan fingerprint density at radius 2 is 2.12 bits per heavy atom. The predicted molar refractivity (Wildman–Crippen MR) is 71.3 cm³/mol. The number of benzene rings is 1. The summed E-state index contributed by atoms with van der Waals surface area (Å²) in [5, 5.41) is 0.286. The lowest BCUT2D eigenvalue weighted by atomic mass is 10.0. The quantitative estimate of drug-likeness (QED) is 0.517. The molecule has 0 saturated heterocycles. The molecule has 0 bridgehead atoms. The van der Waals surface area contributed by atoms with E-state index in [4.69, 9.17) is 23.2 Å². The van der Waals surface area contributed by atoms with Crippen molar-refractivity contribution >= 4 is 23.2 Å². The Balaban J connectivity index is 2.17. The largest absolute Gasteiger partial charge is 0.205 e. The van der Waals surface area contributed by atoms with Gasteiger partial charge >= 0.3 is 0 Å². The second kappa shape index (κ2) is 5.88. The molecule has 1 aromatic rings. The van der Waals surface area contributed by atoms with Crippen LogP contribution in [0.1, 0.15) is 31.2 Å².